The van der Waals surface area contributed by atoms with E-state index in [0.717, 1.165) is 37.2 Å². The Hall–Kier alpha value is -2.05. The number of alkyl halides is 3. The quantitative estimate of drug-likeness (QED) is 0.745. The maximum absolute atomic E-state index is 13.3. The lowest BCUT2D eigenvalue weighted by atomic mass is 9.77. The van der Waals surface area contributed by atoms with Gasteiger partial charge in [-0.15, -0.1) is 0 Å². The second-order valence-corrected chi connectivity index (χ2v) is 8.53. The fourth-order valence-corrected chi connectivity index (χ4v) is 4.90. The van der Waals surface area contributed by atoms with Crippen LogP contribution in [0.4, 0.5) is 18.9 Å². The molecule has 0 aromatic heterocycles. The Bertz CT molecular complexity index is 835. The average Bonchev–Trinajstić information content (AvgIpc) is 3.11. The summed E-state index contributed by atoms with van der Waals surface area (Å²) >= 11 is 0. The van der Waals surface area contributed by atoms with Crippen LogP contribution in [-0.2, 0) is 6.18 Å². The molecular formula is C23H28F3N3. The number of nitrogens with zero attached hydrogens (tertiary/aromatic N) is 1. The van der Waals surface area contributed by atoms with Crippen LogP contribution in [0.1, 0.15) is 41.5 Å². The van der Waals surface area contributed by atoms with E-state index < -0.39 is 11.7 Å². The molecule has 0 unspecified atom stereocenters. The van der Waals surface area contributed by atoms with Crippen LogP contribution in [0, 0.1) is 5.92 Å². The van der Waals surface area contributed by atoms with Crippen molar-refractivity contribution in [2.45, 2.75) is 37.0 Å². The molecule has 1 saturated carbocycles. The van der Waals surface area contributed by atoms with Gasteiger partial charge in [0.1, 0.15) is 0 Å². The number of anilines is 1. The zero-order valence-corrected chi connectivity index (χ0v) is 16.8. The molecule has 1 fully saturated rings. The first kappa shape index (κ1) is 20.2. The summed E-state index contributed by atoms with van der Waals surface area (Å²) in [5.74, 6) is 0.390. The Morgan fingerprint density at radius 1 is 1.07 bits per heavy atom. The smallest absolute Gasteiger partial charge is 0.378 e. The molecule has 1 aliphatic heterocycles. The number of hydrogen-bond acceptors (Lipinski definition) is 3. The maximum Gasteiger partial charge on any atom is 0.416 e. The number of benzene rings is 2. The second kappa shape index (κ2) is 8.00. The van der Waals surface area contributed by atoms with E-state index in [4.69, 9.17) is 0 Å². The van der Waals surface area contributed by atoms with E-state index in [9.17, 15) is 13.2 Å². The molecule has 6 heteroatoms. The van der Waals surface area contributed by atoms with Crippen molar-refractivity contribution in [2.24, 2.45) is 5.92 Å². The van der Waals surface area contributed by atoms with Crippen LogP contribution in [0.5, 0.6) is 0 Å². The van der Waals surface area contributed by atoms with Gasteiger partial charge in [0.2, 0.25) is 0 Å². The van der Waals surface area contributed by atoms with Gasteiger partial charge in [0.15, 0.2) is 0 Å². The lowest BCUT2D eigenvalue weighted by molar-refractivity contribution is -0.137. The van der Waals surface area contributed by atoms with Crippen LogP contribution in [0.15, 0.2) is 48.5 Å². The summed E-state index contributed by atoms with van der Waals surface area (Å²) in [5.41, 5.74) is 2.29. The van der Waals surface area contributed by atoms with Crippen LogP contribution in [-0.4, -0.2) is 38.1 Å². The normalized spacial score (nSPS) is 26.1. The van der Waals surface area contributed by atoms with Crippen molar-refractivity contribution >= 4 is 5.69 Å². The molecule has 4 rings (SSSR count). The molecule has 2 aromatic carbocycles. The second-order valence-electron chi connectivity index (χ2n) is 8.53. The number of likely N-dealkylation sites (N-methyl/N-ethyl adjacent to an activating group) is 1. The zero-order chi connectivity index (χ0) is 20.6. The fraction of sp³-hybridized carbons (Fsp3) is 0.478. The lowest BCUT2D eigenvalue weighted by Gasteiger charge is -2.38. The third kappa shape index (κ3) is 4.28. The van der Waals surface area contributed by atoms with Crippen LogP contribution < -0.4 is 10.6 Å². The summed E-state index contributed by atoms with van der Waals surface area (Å²) in [6, 6.07) is 14.9. The third-order valence-electron chi connectivity index (χ3n) is 6.28. The highest BCUT2D eigenvalue weighted by molar-refractivity contribution is 5.59. The van der Waals surface area contributed by atoms with Crippen LogP contribution in [0.3, 0.4) is 0 Å². The molecular weight excluding hydrogens is 375 g/mol. The Morgan fingerprint density at radius 3 is 2.52 bits per heavy atom. The minimum Gasteiger partial charge on any atom is -0.378 e. The molecule has 2 N–H and O–H groups in total. The van der Waals surface area contributed by atoms with Crippen molar-refractivity contribution in [3.63, 3.8) is 0 Å². The van der Waals surface area contributed by atoms with Gasteiger partial charge in [0.05, 0.1) is 11.6 Å². The first-order chi connectivity index (χ1) is 13.8. The van der Waals surface area contributed by atoms with Crippen molar-refractivity contribution in [2.75, 3.05) is 32.5 Å². The van der Waals surface area contributed by atoms with Gasteiger partial charge >= 0.3 is 6.18 Å². The topological polar surface area (TPSA) is 27.3 Å². The predicted molar refractivity (Wildman–Crippen MR) is 110 cm³/mol. The molecule has 1 heterocycles. The van der Waals surface area contributed by atoms with Crippen molar-refractivity contribution in [1.82, 2.24) is 10.2 Å². The van der Waals surface area contributed by atoms with Gasteiger partial charge in [-0.1, -0.05) is 30.3 Å². The Labute approximate surface area is 170 Å². The molecule has 0 spiro atoms. The van der Waals surface area contributed by atoms with Gasteiger partial charge in [-0.25, -0.2) is 0 Å². The van der Waals surface area contributed by atoms with Crippen molar-refractivity contribution in [1.29, 1.82) is 0 Å². The number of rotatable bonds is 5. The summed E-state index contributed by atoms with van der Waals surface area (Å²) in [7, 11) is 4.08. The van der Waals surface area contributed by atoms with Crippen molar-refractivity contribution in [3.8, 4) is 0 Å². The zero-order valence-electron chi connectivity index (χ0n) is 16.8. The van der Waals surface area contributed by atoms with E-state index in [0.29, 0.717) is 6.04 Å². The molecule has 0 bridgehead atoms. The van der Waals surface area contributed by atoms with Gasteiger partial charge in [0, 0.05) is 24.8 Å². The molecule has 1 aliphatic carbocycles. The average molecular weight is 403 g/mol. The van der Waals surface area contributed by atoms with E-state index in [-0.39, 0.29) is 17.9 Å². The number of hydrogen-bond donors (Lipinski definition) is 2. The van der Waals surface area contributed by atoms with Gasteiger partial charge in [-0.2, -0.15) is 13.2 Å². The van der Waals surface area contributed by atoms with Crippen LogP contribution >= 0.6 is 0 Å². The monoisotopic (exact) mass is 403 g/mol. The minimum absolute atomic E-state index is 0.117. The highest BCUT2D eigenvalue weighted by Crippen LogP contribution is 2.53. The fourth-order valence-electron chi connectivity index (χ4n) is 4.90. The summed E-state index contributed by atoms with van der Waals surface area (Å²) in [6.07, 6.45) is -2.49. The van der Waals surface area contributed by atoms with E-state index in [1.807, 2.05) is 32.3 Å². The largest absolute Gasteiger partial charge is 0.416 e. The molecule has 3 nitrogen and oxygen atoms in total. The summed E-state index contributed by atoms with van der Waals surface area (Å²) < 4.78 is 40.0. The van der Waals surface area contributed by atoms with Gasteiger partial charge in [-0.3, -0.25) is 0 Å². The summed E-state index contributed by atoms with van der Waals surface area (Å²) in [4.78, 5) is 2.13. The molecule has 29 heavy (non-hydrogen) atoms. The van der Waals surface area contributed by atoms with Crippen LogP contribution in [0.2, 0.25) is 0 Å². The lowest BCUT2D eigenvalue weighted by Crippen LogP contribution is -2.33. The Balaban J connectivity index is 1.65. The molecule has 4 atom stereocenters. The third-order valence-corrected chi connectivity index (χ3v) is 6.28. The molecule has 2 aliphatic rings. The number of halogens is 3. The predicted octanol–water partition coefficient (Wildman–Crippen LogP) is 4.89. The van der Waals surface area contributed by atoms with Gasteiger partial charge in [0.25, 0.3) is 0 Å². The molecule has 2 aromatic rings. The van der Waals surface area contributed by atoms with Crippen LogP contribution in [0.25, 0.3) is 0 Å². The first-order valence-electron chi connectivity index (χ1n) is 10.2. The molecule has 0 radical (unpaired) electrons. The maximum atomic E-state index is 13.3. The number of nitrogens with one attached hydrogen (secondary N) is 2. The molecule has 0 saturated heterocycles. The number of fused-ring (bicyclic) bond motifs is 3. The van der Waals surface area contributed by atoms with Gasteiger partial charge in [-0.05, 0) is 68.1 Å². The van der Waals surface area contributed by atoms with E-state index in [1.165, 1.54) is 17.7 Å². The summed E-state index contributed by atoms with van der Waals surface area (Å²) in [5, 5.41) is 7.18. The van der Waals surface area contributed by atoms with Crippen molar-refractivity contribution in [3.05, 3.63) is 65.2 Å². The standard InChI is InChI=1S/C23H28F3N3/c1-29(2)11-10-27-17-13-18-19-12-16(23(24,25)26)8-9-21(19)28-22(20(18)14-17)15-6-4-3-5-7-15/h3-9,12,17-18,20,22,27-28H,10-11,13-14H2,1-2H3/t17-,18+,20+,22-/m0/s1. The Kier molecular flexibility index (Phi) is 5.58. The highest BCUT2D eigenvalue weighted by atomic mass is 19.4. The van der Waals surface area contributed by atoms with Gasteiger partial charge < -0.3 is 15.5 Å². The minimum atomic E-state index is -4.32. The van der Waals surface area contributed by atoms with E-state index >= 15 is 0 Å². The summed E-state index contributed by atoms with van der Waals surface area (Å²) in [6.45, 7) is 1.83. The Morgan fingerprint density at radius 2 is 1.83 bits per heavy atom. The highest BCUT2D eigenvalue weighted by Gasteiger charge is 2.45. The first-order valence-corrected chi connectivity index (χ1v) is 10.2. The van der Waals surface area contributed by atoms with E-state index in [2.05, 4.69) is 27.7 Å². The molecule has 0 amide bonds. The van der Waals surface area contributed by atoms with Crippen molar-refractivity contribution < 1.29 is 13.2 Å². The van der Waals surface area contributed by atoms with E-state index in [1.54, 1.807) is 6.07 Å². The SMILES string of the molecule is CN(C)CCN[C@@H]1C[C@@H]2[C@H](C1)c1cc(C(F)(F)F)ccc1N[C@H]2c1ccccc1. The molecule has 156 valence electrons.